The number of fused-ring (bicyclic) bond motifs is 1. The minimum absolute atomic E-state index is 0.158. The van der Waals surface area contributed by atoms with E-state index in [9.17, 15) is 5.11 Å². The molecule has 0 aliphatic carbocycles. The third-order valence-corrected chi connectivity index (χ3v) is 6.80. The number of hydrogen-bond acceptors (Lipinski definition) is 7. The first-order valence-electron chi connectivity index (χ1n) is 9.93. The fraction of sp³-hybridized carbons (Fsp3) is 0.500. The highest BCUT2D eigenvalue weighted by atomic mass is 79.9. The standard InChI is InChI=1S/C20H25BrN6O/c21-15-3-4-16(24-20(15)27-7-5-13(28)11-27)19-14-8-17(12-2-1-6-22-9-12)23-10-18(14)25-26-19/h1-4,6,9,13-14,17-19,23,25-26,28H,5,7-8,10-11H2/t13-,14?,17?,18?,19?/m1/s1. The molecule has 5 atom stereocenters. The van der Waals surface area contributed by atoms with E-state index in [0.29, 0.717) is 24.5 Å². The Labute approximate surface area is 173 Å². The van der Waals surface area contributed by atoms with Gasteiger partial charge in [0, 0.05) is 50.0 Å². The van der Waals surface area contributed by atoms with Crippen molar-refractivity contribution in [3.8, 4) is 0 Å². The average Bonchev–Trinajstić information content (AvgIpc) is 3.35. The molecule has 0 spiro atoms. The maximum atomic E-state index is 9.91. The van der Waals surface area contributed by atoms with Crippen LogP contribution in [0.5, 0.6) is 0 Å². The number of β-amino-alcohol motifs (C(OH)–C–C–N with tert-alkyl or cyclic N) is 1. The molecule has 4 N–H and O–H groups in total. The third kappa shape index (κ3) is 3.44. The Hall–Kier alpha value is -1.58. The van der Waals surface area contributed by atoms with Crippen molar-refractivity contribution in [3.05, 3.63) is 52.4 Å². The van der Waals surface area contributed by atoms with Gasteiger partial charge in [-0.3, -0.25) is 10.4 Å². The van der Waals surface area contributed by atoms with Gasteiger partial charge in [-0.1, -0.05) is 6.07 Å². The molecule has 148 valence electrons. The van der Waals surface area contributed by atoms with Gasteiger partial charge in [-0.2, -0.15) is 0 Å². The van der Waals surface area contributed by atoms with Crippen molar-refractivity contribution < 1.29 is 5.11 Å². The van der Waals surface area contributed by atoms with E-state index in [1.54, 1.807) is 0 Å². The van der Waals surface area contributed by atoms with Gasteiger partial charge in [-0.25, -0.2) is 10.4 Å². The molecule has 8 heteroatoms. The summed E-state index contributed by atoms with van der Waals surface area (Å²) in [5.41, 5.74) is 9.22. The molecule has 0 bridgehead atoms. The van der Waals surface area contributed by atoms with Gasteiger partial charge in [-0.15, -0.1) is 0 Å². The van der Waals surface area contributed by atoms with Crippen LogP contribution in [0.1, 0.15) is 36.2 Å². The van der Waals surface area contributed by atoms with Crippen LogP contribution in [0, 0.1) is 5.92 Å². The highest BCUT2D eigenvalue weighted by Crippen LogP contribution is 2.39. The Balaban J connectivity index is 1.39. The van der Waals surface area contributed by atoms with E-state index in [-0.39, 0.29) is 12.1 Å². The minimum atomic E-state index is -0.266. The number of aliphatic hydroxyl groups is 1. The Bertz CT molecular complexity index is 837. The molecule has 28 heavy (non-hydrogen) atoms. The monoisotopic (exact) mass is 444 g/mol. The Morgan fingerprint density at radius 1 is 1.21 bits per heavy atom. The number of anilines is 1. The van der Waals surface area contributed by atoms with E-state index < -0.39 is 0 Å². The number of aliphatic hydroxyl groups excluding tert-OH is 1. The summed E-state index contributed by atoms with van der Waals surface area (Å²) >= 11 is 3.64. The van der Waals surface area contributed by atoms with Crippen LogP contribution in [-0.4, -0.2) is 46.9 Å². The average molecular weight is 445 g/mol. The van der Waals surface area contributed by atoms with Crippen LogP contribution in [0.2, 0.25) is 0 Å². The van der Waals surface area contributed by atoms with E-state index in [4.69, 9.17) is 4.98 Å². The van der Waals surface area contributed by atoms with Crippen molar-refractivity contribution in [1.82, 2.24) is 26.1 Å². The zero-order valence-electron chi connectivity index (χ0n) is 15.6. The second kappa shape index (κ2) is 7.68. The molecule has 3 fully saturated rings. The number of rotatable bonds is 3. The summed E-state index contributed by atoms with van der Waals surface area (Å²) in [4.78, 5) is 11.4. The summed E-state index contributed by atoms with van der Waals surface area (Å²) in [6.45, 7) is 2.39. The molecule has 0 amide bonds. The molecule has 0 saturated carbocycles. The summed E-state index contributed by atoms with van der Waals surface area (Å²) < 4.78 is 0.978. The van der Waals surface area contributed by atoms with E-state index in [1.165, 1.54) is 5.56 Å². The lowest BCUT2D eigenvalue weighted by Crippen LogP contribution is -2.46. The zero-order valence-corrected chi connectivity index (χ0v) is 17.1. The normalized spacial score (nSPS) is 32.5. The molecule has 3 aliphatic rings. The number of aromatic nitrogens is 2. The number of piperidine rings is 1. The quantitative estimate of drug-likeness (QED) is 0.572. The van der Waals surface area contributed by atoms with Crippen molar-refractivity contribution in [3.63, 3.8) is 0 Å². The molecule has 0 radical (unpaired) electrons. The molecule has 5 heterocycles. The molecule has 7 nitrogen and oxygen atoms in total. The number of pyridine rings is 2. The molecule has 5 rings (SSSR count). The number of nitrogens with zero attached hydrogens (tertiary/aromatic N) is 3. The lowest BCUT2D eigenvalue weighted by Gasteiger charge is -2.34. The largest absolute Gasteiger partial charge is 0.391 e. The summed E-state index contributed by atoms with van der Waals surface area (Å²) in [6.07, 6.45) is 5.33. The van der Waals surface area contributed by atoms with E-state index in [0.717, 1.165) is 41.9 Å². The van der Waals surface area contributed by atoms with Gasteiger partial charge in [0.1, 0.15) is 5.82 Å². The second-order valence-corrected chi connectivity index (χ2v) is 8.80. The Morgan fingerprint density at radius 2 is 2.14 bits per heavy atom. The molecular formula is C20H25BrN6O. The number of hydrazine groups is 1. The van der Waals surface area contributed by atoms with Crippen molar-refractivity contribution in [2.45, 2.75) is 37.1 Å². The Morgan fingerprint density at radius 3 is 2.93 bits per heavy atom. The fourth-order valence-corrected chi connectivity index (χ4v) is 5.15. The topological polar surface area (TPSA) is 85.3 Å². The maximum Gasteiger partial charge on any atom is 0.143 e. The van der Waals surface area contributed by atoms with Crippen LogP contribution in [0.4, 0.5) is 5.82 Å². The van der Waals surface area contributed by atoms with Gasteiger partial charge in [0.15, 0.2) is 0 Å². The summed E-state index contributed by atoms with van der Waals surface area (Å²) in [5, 5.41) is 13.5. The van der Waals surface area contributed by atoms with E-state index in [1.807, 2.05) is 18.5 Å². The molecule has 2 aromatic heterocycles. The Kier molecular flexibility index (Phi) is 5.06. The smallest absolute Gasteiger partial charge is 0.143 e. The molecule has 2 aromatic rings. The van der Waals surface area contributed by atoms with Crippen molar-refractivity contribution in [1.29, 1.82) is 0 Å². The molecule has 0 aromatic carbocycles. The molecule has 3 aliphatic heterocycles. The predicted molar refractivity (Wildman–Crippen MR) is 111 cm³/mol. The maximum absolute atomic E-state index is 9.91. The van der Waals surface area contributed by atoms with Gasteiger partial charge in [0.25, 0.3) is 0 Å². The first kappa shape index (κ1) is 18.4. The van der Waals surface area contributed by atoms with Gasteiger partial charge >= 0.3 is 0 Å². The summed E-state index contributed by atoms with van der Waals surface area (Å²) in [5.74, 6) is 1.37. The van der Waals surface area contributed by atoms with Gasteiger partial charge in [-0.05, 0) is 52.5 Å². The van der Waals surface area contributed by atoms with E-state index >= 15 is 0 Å². The van der Waals surface area contributed by atoms with Gasteiger partial charge in [0.05, 0.1) is 22.3 Å². The van der Waals surface area contributed by atoms with Gasteiger partial charge in [0.2, 0.25) is 0 Å². The summed E-state index contributed by atoms with van der Waals surface area (Å²) in [7, 11) is 0. The number of nitrogens with one attached hydrogen (secondary N) is 3. The zero-order chi connectivity index (χ0) is 19.1. The van der Waals surface area contributed by atoms with Crippen molar-refractivity contribution in [2.24, 2.45) is 5.92 Å². The predicted octanol–water partition coefficient (Wildman–Crippen LogP) is 1.68. The molecular weight excluding hydrogens is 420 g/mol. The lowest BCUT2D eigenvalue weighted by atomic mass is 9.81. The van der Waals surface area contributed by atoms with Crippen LogP contribution < -0.4 is 21.1 Å². The van der Waals surface area contributed by atoms with Crippen LogP contribution in [0.25, 0.3) is 0 Å². The van der Waals surface area contributed by atoms with Crippen molar-refractivity contribution in [2.75, 3.05) is 24.5 Å². The second-order valence-electron chi connectivity index (χ2n) is 7.95. The first-order valence-corrected chi connectivity index (χ1v) is 10.7. The summed E-state index contributed by atoms with van der Waals surface area (Å²) in [6, 6.07) is 9.16. The van der Waals surface area contributed by atoms with Crippen LogP contribution >= 0.6 is 15.9 Å². The lowest BCUT2D eigenvalue weighted by molar-refractivity contribution is 0.198. The van der Waals surface area contributed by atoms with Crippen LogP contribution in [-0.2, 0) is 0 Å². The highest BCUT2D eigenvalue weighted by Gasteiger charge is 2.42. The van der Waals surface area contributed by atoms with E-state index in [2.05, 4.69) is 60.2 Å². The van der Waals surface area contributed by atoms with Crippen LogP contribution in [0.3, 0.4) is 0 Å². The van der Waals surface area contributed by atoms with Crippen molar-refractivity contribution >= 4 is 21.7 Å². The first-order chi connectivity index (χ1) is 13.7. The van der Waals surface area contributed by atoms with Crippen LogP contribution in [0.15, 0.2) is 41.1 Å². The minimum Gasteiger partial charge on any atom is -0.391 e. The highest BCUT2D eigenvalue weighted by molar-refractivity contribution is 9.10. The number of hydrogen-bond donors (Lipinski definition) is 4. The molecule has 4 unspecified atom stereocenters. The third-order valence-electron chi connectivity index (χ3n) is 6.18. The fourth-order valence-electron chi connectivity index (χ4n) is 4.68. The SMILES string of the molecule is O[C@@H]1CCN(c2nc(C3NNC4CNC(c5cccnc5)CC43)ccc2Br)C1. The van der Waals surface area contributed by atoms with Gasteiger partial charge < -0.3 is 15.3 Å². The molecule has 3 saturated heterocycles. The number of halogens is 1.